The Morgan fingerprint density at radius 2 is 1.81 bits per heavy atom. The fourth-order valence-electron chi connectivity index (χ4n) is 3.11. The fourth-order valence-corrected chi connectivity index (χ4v) is 3.11. The lowest BCUT2D eigenvalue weighted by atomic mass is 9.81. The molecule has 2 aliphatic heterocycles. The quantitative estimate of drug-likeness (QED) is 0.846. The van der Waals surface area contributed by atoms with Crippen LogP contribution in [-0.4, -0.2) is 55.1 Å². The smallest absolute Gasteiger partial charge is 0.233 e. The molecule has 2 saturated heterocycles. The van der Waals surface area contributed by atoms with Crippen molar-refractivity contribution in [2.75, 3.05) is 39.4 Å². The Morgan fingerprint density at radius 3 is 2.33 bits per heavy atom. The maximum atomic E-state index is 12.6. The maximum Gasteiger partial charge on any atom is 0.233 e. The summed E-state index contributed by atoms with van der Waals surface area (Å²) in [6.07, 6.45) is 0.885. The Labute approximate surface area is 126 Å². The first-order chi connectivity index (χ1) is 10.2. The van der Waals surface area contributed by atoms with E-state index >= 15 is 0 Å². The number of hydrogen-bond donors (Lipinski definition) is 0. The van der Waals surface area contributed by atoms with Crippen LogP contribution in [0.4, 0.5) is 0 Å². The van der Waals surface area contributed by atoms with E-state index in [2.05, 4.69) is 36.1 Å². The van der Waals surface area contributed by atoms with Crippen LogP contribution in [0.25, 0.3) is 0 Å². The molecule has 0 saturated carbocycles. The fraction of sp³-hybridized carbons (Fsp3) is 0.588. The number of benzene rings is 1. The first-order valence-corrected chi connectivity index (χ1v) is 7.87. The van der Waals surface area contributed by atoms with Crippen LogP contribution in [0.5, 0.6) is 0 Å². The van der Waals surface area contributed by atoms with Crippen LogP contribution in [0, 0.1) is 5.41 Å². The predicted octanol–water partition coefficient (Wildman–Crippen LogP) is 1.76. The molecule has 2 aliphatic rings. The molecule has 2 heterocycles. The average Bonchev–Trinajstić information content (AvgIpc) is 2.48. The minimum Gasteiger partial charge on any atom is -0.379 e. The number of rotatable bonds is 4. The van der Waals surface area contributed by atoms with Gasteiger partial charge in [-0.25, -0.2) is 0 Å². The molecule has 114 valence electrons. The minimum absolute atomic E-state index is 0.221. The molecule has 3 rings (SSSR count). The van der Waals surface area contributed by atoms with Gasteiger partial charge >= 0.3 is 0 Å². The third-order valence-corrected chi connectivity index (χ3v) is 4.80. The van der Waals surface area contributed by atoms with Crippen molar-refractivity contribution in [3.63, 3.8) is 0 Å². The Morgan fingerprint density at radius 1 is 1.14 bits per heavy atom. The van der Waals surface area contributed by atoms with Crippen LogP contribution in [0.3, 0.4) is 0 Å². The summed E-state index contributed by atoms with van der Waals surface area (Å²) in [6.45, 7) is 7.87. The minimum atomic E-state index is -0.221. The molecule has 0 aromatic heterocycles. The summed E-state index contributed by atoms with van der Waals surface area (Å²) < 4.78 is 5.28. The number of carbonyl (C=O) groups excluding carboxylic acids is 1. The van der Waals surface area contributed by atoms with Crippen molar-refractivity contribution in [2.24, 2.45) is 5.41 Å². The highest BCUT2D eigenvalue weighted by atomic mass is 16.5. The van der Waals surface area contributed by atoms with E-state index in [1.54, 1.807) is 0 Å². The Hall–Kier alpha value is -1.39. The van der Waals surface area contributed by atoms with E-state index in [0.29, 0.717) is 19.1 Å². The molecule has 21 heavy (non-hydrogen) atoms. The molecular formula is C17H24N2O2. The van der Waals surface area contributed by atoms with Crippen molar-refractivity contribution in [1.82, 2.24) is 9.80 Å². The van der Waals surface area contributed by atoms with Gasteiger partial charge in [-0.15, -0.1) is 0 Å². The van der Waals surface area contributed by atoms with Gasteiger partial charge in [-0.05, 0) is 12.0 Å². The van der Waals surface area contributed by atoms with Crippen LogP contribution in [0.1, 0.15) is 18.9 Å². The third-order valence-electron chi connectivity index (χ3n) is 4.80. The van der Waals surface area contributed by atoms with Gasteiger partial charge in [0.1, 0.15) is 0 Å². The van der Waals surface area contributed by atoms with Gasteiger partial charge in [-0.2, -0.15) is 0 Å². The van der Waals surface area contributed by atoms with Crippen molar-refractivity contribution < 1.29 is 9.53 Å². The number of piperazine rings is 1. The van der Waals surface area contributed by atoms with Gasteiger partial charge in [-0.1, -0.05) is 37.3 Å². The third kappa shape index (κ3) is 2.97. The van der Waals surface area contributed by atoms with Crippen LogP contribution in [-0.2, 0) is 16.1 Å². The number of ether oxygens (including phenoxy) is 1. The van der Waals surface area contributed by atoms with Crippen LogP contribution in [0.2, 0.25) is 0 Å². The lowest BCUT2D eigenvalue weighted by Gasteiger charge is -2.44. The van der Waals surface area contributed by atoms with Crippen molar-refractivity contribution in [1.29, 1.82) is 0 Å². The molecule has 0 spiro atoms. The molecule has 0 N–H and O–H groups in total. The highest BCUT2D eigenvalue weighted by Gasteiger charge is 2.46. The monoisotopic (exact) mass is 288 g/mol. The summed E-state index contributed by atoms with van der Waals surface area (Å²) in [5.41, 5.74) is 1.12. The van der Waals surface area contributed by atoms with Crippen molar-refractivity contribution in [3.05, 3.63) is 35.9 Å². The second kappa shape index (κ2) is 6.16. The summed E-state index contributed by atoms with van der Waals surface area (Å²) in [5.74, 6) is 0.301. The molecule has 1 amide bonds. The average molecular weight is 288 g/mol. The van der Waals surface area contributed by atoms with E-state index in [0.717, 1.165) is 39.1 Å². The highest BCUT2D eigenvalue weighted by Crippen LogP contribution is 2.33. The van der Waals surface area contributed by atoms with E-state index in [1.165, 1.54) is 5.56 Å². The van der Waals surface area contributed by atoms with Gasteiger partial charge in [0.15, 0.2) is 0 Å². The second-order valence-electron chi connectivity index (χ2n) is 6.18. The van der Waals surface area contributed by atoms with Crippen LogP contribution >= 0.6 is 0 Å². The van der Waals surface area contributed by atoms with Gasteiger partial charge in [0.05, 0.1) is 18.6 Å². The molecule has 0 aliphatic carbocycles. The molecule has 0 atom stereocenters. The van der Waals surface area contributed by atoms with Crippen LogP contribution < -0.4 is 0 Å². The van der Waals surface area contributed by atoms with E-state index in [9.17, 15) is 4.79 Å². The molecule has 0 unspecified atom stereocenters. The zero-order valence-electron chi connectivity index (χ0n) is 12.8. The lowest BCUT2D eigenvalue weighted by molar-refractivity contribution is -0.174. The molecule has 2 fully saturated rings. The molecule has 4 heteroatoms. The summed E-state index contributed by atoms with van der Waals surface area (Å²) in [6, 6.07) is 10.5. The molecule has 4 nitrogen and oxygen atoms in total. The molecular weight excluding hydrogens is 264 g/mol. The Kier molecular flexibility index (Phi) is 4.27. The van der Waals surface area contributed by atoms with Crippen molar-refractivity contribution in [2.45, 2.75) is 19.9 Å². The Bertz CT molecular complexity index is 471. The van der Waals surface area contributed by atoms with E-state index in [-0.39, 0.29) is 5.41 Å². The largest absolute Gasteiger partial charge is 0.379 e. The van der Waals surface area contributed by atoms with Crippen molar-refractivity contribution >= 4 is 5.91 Å². The molecule has 1 aromatic rings. The van der Waals surface area contributed by atoms with E-state index in [4.69, 9.17) is 4.74 Å². The highest BCUT2D eigenvalue weighted by molar-refractivity contribution is 5.84. The predicted molar refractivity (Wildman–Crippen MR) is 81.8 cm³/mol. The molecule has 0 bridgehead atoms. The Balaban J connectivity index is 1.52. The SMILES string of the molecule is CCC1(C(=O)N2CCN(Cc3ccccc3)CC2)COC1. The van der Waals surface area contributed by atoms with Gasteiger partial charge in [0, 0.05) is 32.7 Å². The van der Waals surface area contributed by atoms with Gasteiger partial charge in [0.2, 0.25) is 5.91 Å². The zero-order valence-corrected chi connectivity index (χ0v) is 12.8. The van der Waals surface area contributed by atoms with Gasteiger partial charge in [0.25, 0.3) is 0 Å². The number of nitrogens with zero attached hydrogens (tertiary/aromatic N) is 2. The topological polar surface area (TPSA) is 32.8 Å². The van der Waals surface area contributed by atoms with Gasteiger partial charge in [-0.3, -0.25) is 9.69 Å². The molecule has 1 aromatic carbocycles. The summed E-state index contributed by atoms with van der Waals surface area (Å²) in [4.78, 5) is 17.1. The summed E-state index contributed by atoms with van der Waals surface area (Å²) in [7, 11) is 0. The van der Waals surface area contributed by atoms with E-state index < -0.39 is 0 Å². The summed E-state index contributed by atoms with van der Waals surface area (Å²) in [5, 5.41) is 0. The maximum absolute atomic E-state index is 12.6. The van der Waals surface area contributed by atoms with E-state index in [1.807, 2.05) is 11.0 Å². The van der Waals surface area contributed by atoms with Crippen LogP contribution in [0.15, 0.2) is 30.3 Å². The molecule has 0 radical (unpaired) electrons. The first-order valence-electron chi connectivity index (χ1n) is 7.87. The number of carbonyl (C=O) groups is 1. The normalized spacial score (nSPS) is 21.9. The lowest BCUT2D eigenvalue weighted by Crippen LogP contribution is -2.58. The number of hydrogen-bond acceptors (Lipinski definition) is 3. The van der Waals surface area contributed by atoms with Gasteiger partial charge < -0.3 is 9.64 Å². The second-order valence-corrected chi connectivity index (χ2v) is 6.18. The standard InChI is InChI=1S/C17H24N2O2/c1-2-17(13-21-14-17)16(20)19-10-8-18(9-11-19)12-15-6-4-3-5-7-15/h3-7H,2,8-14H2,1H3. The summed E-state index contributed by atoms with van der Waals surface area (Å²) >= 11 is 0. The zero-order chi connectivity index (χ0) is 14.7. The first kappa shape index (κ1) is 14.5. The van der Waals surface area contributed by atoms with Crippen molar-refractivity contribution in [3.8, 4) is 0 Å². The number of amides is 1.